The SMILES string of the molecule is CC(NC1CCCCC1C)c1ccc(F)c(Cl)c1. The van der Waals surface area contributed by atoms with Gasteiger partial charge in [0, 0.05) is 12.1 Å². The van der Waals surface area contributed by atoms with Crippen molar-refractivity contribution in [1.82, 2.24) is 5.32 Å². The molecule has 3 heteroatoms. The third-order valence-electron chi connectivity index (χ3n) is 4.02. The van der Waals surface area contributed by atoms with E-state index in [2.05, 4.69) is 19.2 Å². The molecule has 0 spiro atoms. The molecule has 1 aliphatic carbocycles. The highest BCUT2D eigenvalue weighted by Crippen LogP contribution is 2.27. The first-order valence-corrected chi connectivity index (χ1v) is 7.16. The molecule has 0 bridgehead atoms. The number of benzene rings is 1. The fourth-order valence-corrected chi connectivity index (χ4v) is 2.95. The molecule has 0 saturated heterocycles. The number of hydrogen-bond donors (Lipinski definition) is 1. The lowest BCUT2D eigenvalue weighted by molar-refractivity contribution is 0.263. The van der Waals surface area contributed by atoms with Gasteiger partial charge in [0.25, 0.3) is 0 Å². The van der Waals surface area contributed by atoms with Gasteiger partial charge in [-0.1, -0.05) is 37.4 Å². The molecule has 1 N–H and O–H groups in total. The van der Waals surface area contributed by atoms with Gasteiger partial charge in [-0.25, -0.2) is 4.39 Å². The van der Waals surface area contributed by atoms with Gasteiger partial charge in [0.15, 0.2) is 0 Å². The van der Waals surface area contributed by atoms with E-state index in [4.69, 9.17) is 11.6 Å². The average Bonchev–Trinajstić information content (AvgIpc) is 2.35. The van der Waals surface area contributed by atoms with Crippen molar-refractivity contribution in [2.45, 2.75) is 51.6 Å². The second-order valence-electron chi connectivity index (χ2n) is 5.43. The first-order chi connectivity index (χ1) is 8.58. The summed E-state index contributed by atoms with van der Waals surface area (Å²) in [7, 11) is 0. The van der Waals surface area contributed by atoms with Crippen LogP contribution in [0.15, 0.2) is 18.2 Å². The lowest BCUT2D eigenvalue weighted by atomic mass is 9.85. The molecule has 3 unspecified atom stereocenters. The number of halogens is 2. The summed E-state index contributed by atoms with van der Waals surface area (Å²) in [5, 5.41) is 3.86. The van der Waals surface area contributed by atoms with Crippen LogP contribution in [0, 0.1) is 11.7 Å². The predicted octanol–water partition coefficient (Wildman–Crippen LogP) is 4.71. The maximum atomic E-state index is 13.1. The molecule has 0 aromatic heterocycles. The van der Waals surface area contributed by atoms with E-state index in [0.29, 0.717) is 6.04 Å². The minimum atomic E-state index is -0.348. The van der Waals surface area contributed by atoms with Gasteiger partial charge in [0.05, 0.1) is 5.02 Å². The second-order valence-corrected chi connectivity index (χ2v) is 5.84. The van der Waals surface area contributed by atoms with Gasteiger partial charge in [-0.3, -0.25) is 0 Å². The van der Waals surface area contributed by atoms with Crippen LogP contribution in [0.5, 0.6) is 0 Å². The van der Waals surface area contributed by atoms with E-state index in [-0.39, 0.29) is 16.9 Å². The van der Waals surface area contributed by atoms with Crippen molar-refractivity contribution in [3.8, 4) is 0 Å². The number of nitrogens with one attached hydrogen (secondary N) is 1. The first-order valence-electron chi connectivity index (χ1n) is 6.79. The molecule has 0 aliphatic heterocycles. The van der Waals surface area contributed by atoms with E-state index in [1.165, 1.54) is 31.7 Å². The summed E-state index contributed by atoms with van der Waals surface area (Å²) in [6, 6.07) is 5.76. The van der Waals surface area contributed by atoms with Gasteiger partial charge >= 0.3 is 0 Å². The van der Waals surface area contributed by atoms with Crippen LogP contribution in [0.2, 0.25) is 5.02 Å². The van der Waals surface area contributed by atoms with Crippen LogP contribution in [0.25, 0.3) is 0 Å². The van der Waals surface area contributed by atoms with Crippen LogP contribution in [-0.4, -0.2) is 6.04 Å². The summed E-state index contributed by atoms with van der Waals surface area (Å²) in [5.41, 5.74) is 1.05. The molecule has 2 rings (SSSR count). The lowest BCUT2D eigenvalue weighted by Crippen LogP contribution is -2.38. The van der Waals surface area contributed by atoms with E-state index >= 15 is 0 Å². The second kappa shape index (κ2) is 6.03. The Hall–Kier alpha value is -0.600. The monoisotopic (exact) mass is 269 g/mol. The molecule has 18 heavy (non-hydrogen) atoms. The standard InChI is InChI=1S/C15H21ClFN/c1-10-5-3-4-6-15(10)18-11(2)12-7-8-14(17)13(16)9-12/h7-11,15,18H,3-6H2,1-2H3. The maximum absolute atomic E-state index is 13.1. The van der Waals surface area contributed by atoms with Crippen LogP contribution in [0.4, 0.5) is 4.39 Å². The summed E-state index contributed by atoms with van der Waals surface area (Å²) in [6.45, 7) is 4.42. The molecule has 3 atom stereocenters. The van der Waals surface area contributed by atoms with Gasteiger partial charge in [0.1, 0.15) is 5.82 Å². The van der Waals surface area contributed by atoms with Crippen LogP contribution in [0.1, 0.15) is 51.1 Å². The predicted molar refractivity (Wildman–Crippen MR) is 74.4 cm³/mol. The lowest BCUT2D eigenvalue weighted by Gasteiger charge is -2.32. The van der Waals surface area contributed by atoms with Crippen LogP contribution in [0.3, 0.4) is 0 Å². The zero-order chi connectivity index (χ0) is 13.1. The van der Waals surface area contributed by atoms with Crippen LogP contribution >= 0.6 is 11.6 Å². The van der Waals surface area contributed by atoms with E-state index in [1.54, 1.807) is 6.07 Å². The zero-order valence-electron chi connectivity index (χ0n) is 11.0. The molecular weight excluding hydrogens is 249 g/mol. The molecular formula is C15H21ClFN. The minimum absolute atomic E-state index is 0.206. The highest BCUT2D eigenvalue weighted by atomic mass is 35.5. The highest BCUT2D eigenvalue weighted by Gasteiger charge is 2.22. The normalized spacial score (nSPS) is 26.0. The zero-order valence-corrected chi connectivity index (χ0v) is 11.8. The third-order valence-corrected chi connectivity index (χ3v) is 4.31. The molecule has 100 valence electrons. The van der Waals surface area contributed by atoms with Crippen molar-refractivity contribution in [2.75, 3.05) is 0 Å². The molecule has 0 radical (unpaired) electrons. The molecule has 0 heterocycles. The molecule has 1 aromatic carbocycles. The molecule has 0 amide bonds. The highest BCUT2D eigenvalue weighted by molar-refractivity contribution is 6.30. The third kappa shape index (κ3) is 3.24. The summed E-state index contributed by atoms with van der Waals surface area (Å²) in [4.78, 5) is 0. The average molecular weight is 270 g/mol. The Morgan fingerprint density at radius 1 is 1.33 bits per heavy atom. The molecule has 1 nitrogen and oxygen atoms in total. The Balaban J connectivity index is 2.02. The van der Waals surface area contributed by atoms with Crippen LogP contribution < -0.4 is 5.32 Å². The fourth-order valence-electron chi connectivity index (χ4n) is 2.76. The Labute approximate surface area is 114 Å². The fraction of sp³-hybridized carbons (Fsp3) is 0.600. The van der Waals surface area contributed by atoms with Gasteiger partial charge in [-0.15, -0.1) is 0 Å². The van der Waals surface area contributed by atoms with Crippen molar-refractivity contribution >= 4 is 11.6 Å². The Morgan fingerprint density at radius 3 is 2.72 bits per heavy atom. The smallest absolute Gasteiger partial charge is 0.141 e. The van der Waals surface area contributed by atoms with E-state index in [0.717, 1.165) is 11.5 Å². The van der Waals surface area contributed by atoms with Gasteiger partial charge in [-0.05, 0) is 43.4 Å². The van der Waals surface area contributed by atoms with Crippen molar-refractivity contribution < 1.29 is 4.39 Å². The summed E-state index contributed by atoms with van der Waals surface area (Å²) in [6.07, 6.45) is 5.18. The summed E-state index contributed by atoms with van der Waals surface area (Å²) < 4.78 is 13.1. The van der Waals surface area contributed by atoms with E-state index in [1.807, 2.05) is 6.07 Å². The number of rotatable bonds is 3. The largest absolute Gasteiger partial charge is 0.307 e. The van der Waals surface area contributed by atoms with Crippen molar-refractivity contribution in [3.63, 3.8) is 0 Å². The molecule has 1 saturated carbocycles. The molecule has 1 fully saturated rings. The Bertz CT molecular complexity index is 407. The molecule has 1 aromatic rings. The maximum Gasteiger partial charge on any atom is 0.141 e. The summed E-state index contributed by atoms with van der Waals surface area (Å²) >= 11 is 5.83. The van der Waals surface area contributed by atoms with Crippen LogP contribution in [-0.2, 0) is 0 Å². The quantitative estimate of drug-likeness (QED) is 0.838. The first kappa shape index (κ1) is 13.8. The van der Waals surface area contributed by atoms with E-state index < -0.39 is 0 Å². The van der Waals surface area contributed by atoms with Crippen molar-refractivity contribution in [2.24, 2.45) is 5.92 Å². The van der Waals surface area contributed by atoms with Gasteiger partial charge in [0.2, 0.25) is 0 Å². The topological polar surface area (TPSA) is 12.0 Å². The van der Waals surface area contributed by atoms with Crippen molar-refractivity contribution in [1.29, 1.82) is 0 Å². The minimum Gasteiger partial charge on any atom is -0.307 e. The van der Waals surface area contributed by atoms with Gasteiger partial charge < -0.3 is 5.32 Å². The Kier molecular flexibility index (Phi) is 4.63. The Morgan fingerprint density at radius 2 is 2.06 bits per heavy atom. The van der Waals surface area contributed by atoms with E-state index in [9.17, 15) is 4.39 Å². The number of hydrogen-bond acceptors (Lipinski definition) is 1. The van der Waals surface area contributed by atoms with Gasteiger partial charge in [-0.2, -0.15) is 0 Å². The van der Waals surface area contributed by atoms with Crippen molar-refractivity contribution in [3.05, 3.63) is 34.6 Å². The molecule has 1 aliphatic rings. The summed E-state index contributed by atoms with van der Waals surface area (Å²) in [5.74, 6) is 0.371.